The highest BCUT2D eigenvalue weighted by Crippen LogP contribution is 2.28. The smallest absolute Gasteiger partial charge is 0.408 e. The van der Waals surface area contributed by atoms with Gasteiger partial charge in [-0.25, -0.2) is 9.59 Å². The third-order valence-electron chi connectivity index (χ3n) is 4.06. The molecular formula is C17H32N2O4S. The molecule has 1 aliphatic heterocycles. The van der Waals surface area contributed by atoms with Gasteiger partial charge in [0.15, 0.2) is 6.04 Å². The number of likely N-dealkylation sites (tertiary alicyclic amines) is 1. The van der Waals surface area contributed by atoms with Crippen molar-refractivity contribution >= 4 is 24.9 Å². The number of quaternary nitrogens is 1. The standard InChI is InChI=1S/C17H32N2O4S/c1-12(2)10-13(18-16(21)23-17(3,4)5)11-19(24)9-7-8-14(19)15(20)22-6/h12-14H,7-11H2,1-6H3,(H,18,21)/t13-,14-,19?/m0/s1. The third kappa shape index (κ3) is 6.51. The summed E-state index contributed by atoms with van der Waals surface area (Å²) in [4.78, 5) is 24.2. The monoisotopic (exact) mass is 360 g/mol. The Kier molecular flexibility index (Phi) is 7.41. The van der Waals surface area contributed by atoms with Crippen LogP contribution < -0.4 is 5.32 Å². The Balaban J connectivity index is 2.81. The van der Waals surface area contributed by atoms with Crippen molar-refractivity contribution in [2.24, 2.45) is 5.92 Å². The minimum absolute atomic E-state index is 0.136. The van der Waals surface area contributed by atoms with Gasteiger partial charge >= 0.3 is 12.1 Å². The van der Waals surface area contributed by atoms with E-state index in [1.165, 1.54) is 7.11 Å². The van der Waals surface area contributed by atoms with Crippen LogP contribution >= 0.6 is 0 Å². The number of hydrogen-bond acceptors (Lipinski definition) is 5. The minimum atomic E-state index is -0.547. The summed E-state index contributed by atoms with van der Waals surface area (Å²) in [6.07, 6.45) is 1.97. The first-order valence-corrected chi connectivity index (χ1v) is 8.98. The molecule has 0 radical (unpaired) electrons. The molecule has 140 valence electrons. The highest BCUT2D eigenvalue weighted by Gasteiger charge is 2.41. The number of alkyl carbamates (subject to hydrolysis) is 1. The van der Waals surface area contributed by atoms with Crippen molar-refractivity contribution in [3.05, 3.63) is 0 Å². The van der Waals surface area contributed by atoms with Crippen LogP contribution in [0.5, 0.6) is 0 Å². The third-order valence-corrected chi connectivity index (χ3v) is 4.65. The first-order chi connectivity index (χ1) is 11.0. The topological polar surface area (TPSA) is 64.6 Å². The molecule has 1 heterocycles. The van der Waals surface area contributed by atoms with Crippen molar-refractivity contribution < 1.29 is 23.0 Å². The lowest BCUT2D eigenvalue weighted by Crippen LogP contribution is -2.57. The van der Waals surface area contributed by atoms with Gasteiger partial charge in [-0.1, -0.05) is 13.8 Å². The zero-order valence-corrected chi connectivity index (χ0v) is 16.6. The summed E-state index contributed by atoms with van der Waals surface area (Å²) >= 11 is 5.77. The van der Waals surface area contributed by atoms with E-state index in [4.69, 9.17) is 22.3 Å². The molecule has 0 spiro atoms. The van der Waals surface area contributed by atoms with E-state index < -0.39 is 11.7 Å². The fourth-order valence-corrected chi connectivity index (χ4v) is 3.70. The summed E-state index contributed by atoms with van der Waals surface area (Å²) in [5, 5.41) is 2.94. The highest BCUT2D eigenvalue weighted by atomic mass is 32.1. The highest BCUT2D eigenvalue weighted by molar-refractivity contribution is 7.52. The molecule has 24 heavy (non-hydrogen) atoms. The molecule has 0 aliphatic carbocycles. The van der Waals surface area contributed by atoms with E-state index in [0.717, 1.165) is 25.8 Å². The number of nitrogens with zero attached hydrogens (tertiary/aromatic N) is 1. The largest absolute Gasteiger partial charge is 0.493 e. The van der Waals surface area contributed by atoms with E-state index >= 15 is 0 Å². The van der Waals surface area contributed by atoms with Gasteiger partial charge in [-0.05, 0) is 33.1 Å². The average molecular weight is 361 g/mol. The Hall–Kier alpha value is -0.950. The van der Waals surface area contributed by atoms with Crippen molar-refractivity contribution in [2.75, 3.05) is 20.2 Å². The second kappa shape index (κ2) is 8.43. The van der Waals surface area contributed by atoms with E-state index in [2.05, 4.69) is 19.2 Å². The molecule has 1 saturated heterocycles. The van der Waals surface area contributed by atoms with Gasteiger partial charge in [0.2, 0.25) is 0 Å². The average Bonchev–Trinajstić information content (AvgIpc) is 2.76. The Morgan fingerprint density at radius 3 is 2.46 bits per heavy atom. The lowest BCUT2D eigenvalue weighted by atomic mass is 10.0. The van der Waals surface area contributed by atoms with Crippen LogP contribution in [-0.4, -0.2) is 53.8 Å². The van der Waals surface area contributed by atoms with Crippen LogP contribution in [0.15, 0.2) is 0 Å². The normalized spacial score (nSPS) is 25.4. The van der Waals surface area contributed by atoms with Gasteiger partial charge in [0, 0.05) is 12.8 Å². The number of esters is 1. The molecule has 1 amide bonds. The summed E-state index contributed by atoms with van der Waals surface area (Å²) < 4.78 is 10.5. The van der Waals surface area contributed by atoms with E-state index in [-0.39, 0.29) is 21.9 Å². The van der Waals surface area contributed by atoms with Crippen molar-refractivity contribution in [1.29, 1.82) is 0 Å². The van der Waals surface area contributed by atoms with Gasteiger partial charge in [-0.2, -0.15) is 0 Å². The summed E-state index contributed by atoms with van der Waals surface area (Å²) in [7, 11) is 1.39. The summed E-state index contributed by atoms with van der Waals surface area (Å²) in [6.45, 7) is 10.9. The fourth-order valence-electron chi connectivity index (χ4n) is 3.20. The Morgan fingerprint density at radius 2 is 1.96 bits per heavy atom. The molecule has 1 rings (SSSR count). The van der Waals surface area contributed by atoms with Crippen LogP contribution in [0.2, 0.25) is 0 Å². The first-order valence-electron chi connectivity index (χ1n) is 8.62. The number of nitrogens with one attached hydrogen (secondary N) is 1. The molecule has 1 N–H and O–H groups in total. The van der Waals surface area contributed by atoms with Gasteiger partial charge in [0.1, 0.15) is 5.60 Å². The Labute approximate surface area is 151 Å². The van der Waals surface area contributed by atoms with Crippen LogP contribution in [0.3, 0.4) is 0 Å². The maximum atomic E-state index is 12.1. The SMILES string of the molecule is COC(=O)[C@@H]1CCC[N+]1([S-])C[C@H](CC(C)C)NC(=O)OC(C)(C)C. The summed E-state index contributed by atoms with van der Waals surface area (Å²) in [5.74, 6) is 0.133. The number of hydrogen-bond donors (Lipinski definition) is 1. The lowest BCUT2D eigenvalue weighted by Gasteiger charge is -2.47. The molecule has 0 aromatic rings. The van der Waals surface area contributed by atoms with Gasteiger partial charge < -0.3 is 31.5 Å². The van der Waals surface area contributed by atoms with E-state index in [0.29, 0.717) is 12.5 Å². The number of rotatable bonds is 6. The number of amides is 1. The maximum Gasteiger partial charge on any atom is 0.408 e. The van der Waals surface area contributed by atoms with E-state index in [1.807, 2.05) is 20.8 Å². The van der Waals surface area contributed by atoms with Crippen molar-refractivity contribution in [1.82, 2.24) is 5.32 Å². The van der Waals surface area contributed by atoms with Gasteiger partial charge in [-0.15, -0.1) is 0 Å². The molecule has 6 nitrogen and oxygen atoms in total. The predicted molar refractivity (Wildman–Crippen MR) is 95.0 cm³/mol. The molecule has 0 bridgehead atoms. The van der Waals surface area contributed by atoms with Gasteiger partial charge in [0.25, 0.3) is 0 Å². The second-order valence-corrected chi connectivity index (χ2v) is 8.74. The van der Waals surface area contributed by atoms with Crippen LogP contribution in [0, 0.1) is 5.92 Å². The maximum absolute atomic E-state index is 12.1. The molecule has 0 saturated carbocycles. The lowest BCUT2D eigenvalue weighted by molar-refractivity contribution is -0.800. The van der Waals surface area contributed by atoms with Crippen LogP contribution in [0.1, 0.15) is 53.9 Å². The van der Waals surface area contributed by atoms with Crippen LogP contribution in [0.4, 0.5) is 4.79 Å². The second-order valence-electron chi connectivity index (χ2n) is 8.01. The molecule has 0 aromatic heterocycles. The number of carbonyl (C=O) groups is 2. The zero-order valence-electron chi connectivity index (χ0n) is 15.8. The number of ether oxygens (including phenoxy) is 2. The summed E-state index contributed by atoms with van der Waals surface area (Å²) in [5.41, 5.74) is -0.547. The fraction of sp³-hybridized carbons (Fsp3) is 0.882. The molecule has 0 aromatic carbocycles. The summed E-state index contributed by atoms with van der Waals surface area (Å²) in [6, 6.07) is -0.470. The van der Waals surface area contributed by atoms with Crippen LogP contribution in [0.25, 0.3) is 0 Å². The molecule has 7 heteroatoms. The molecular weight excluding hydrogens is 328 g/mol. The zero-order chi connectivity index (χ0) is 18.5. The van der Waals surface area contributed by atoms with Crippen molar-refractivity contribution in [3.8, 4) is 0 Å². The van der Waals surface area contributed by atoms with E-state index in [9.17, 15) is 9.59 Å². The Bertz CT molecular complexity index is 450. The first kappa shape index (κ1) is 21.1. The van der Waals surface area contributed by atoms with Crippen molar-refractivity contribution in [2.45, 2.75) is 71.6 Å². The molecule has 3 atom stereocenters. The minimum Gasteiger partial charge on any atom is -0.493 e. The molecule has 1 fully saturated rings. The number of methoxy groups -OCH3 is 1. The quantitative estimate of drug-likeness (QED) is 0.448. The predicted octanol–water partition coefficient (Wildman–Crippen LogP) is 2.54. The van der Waals surface area contributed by atoms with E-state index in [1.54, 1.807) is 0 Å². The van der Waals surface area contributed by atoms with Gasteiger partial charge in [0.05, 0.1) is 26.2 Å². The Morgan fingerprint density at radius 1 is 1.33 bits per heavy atom. The number of carbonyl (C=O) groups excluding carboxylic acids is 2. The molecule has 1 unspecified atom stereocenters. The molecule has 1 aliphatic rings. The van der Waals surface area contributed by atoms with Gasteiger partial charge in [-0.3, -0.25) is 0 Å². The van der Waals surface area contributed by atoms with Crippen molar-refractivity contribution in [3.63, 3.8) is 0 Å². The van der Waals surface area contributed by atoms with Crippen LogP contribution in [-0.2, 0) is 27.1 Å².